The van der Waals surface area contributed by atoms with Gasteiger partial charge in [0.15, 0.2) is 5.72 Å². The van der Waals surface area contributed by atoms with Gasteiger partial charge in [0, 0.05) is 19.0 Å². The molecule has 0 fully saturated rings. The Morgan fingerprint density at radius 3 is 3.09 bits per heavy atom. The monoisotopic (exact) mass is 151 g/mol. The van der Waals surface area contributed by atoms with Crippen molar-refractivity contribution in [2.45, 2.75) is 12.1 Å². The van der Waals surface area contributed by atoms with Crippen LogP contribution in [0.1, 0.15) is 6.42 Å². The maximum atomic E-state index is 11.1. The lowest BCUT2D eigenvalue weighted by Gasteiger charge is -2.34. The molecule has 2 heterocycles. The Kier molecular flexibility index (Phi) is 1.17. The van der Waals surface area contributed by atoms with E-state index in [4.69, 9.17) is 0 Å². The number of aliphatic hydroxyl groups is 1. The molecule has 11 heavy (non-hydrogen) atoms. The maximum absolute atomic E-state index is 11.1. The maximum Gasteiger partial charge on any atom is 0.249 e. The first kappa shape index (κ1) is 6.61. The van der Waals surface area contributed by atoms with Gasteiger partial charge in [0.05, 0.1) is 0 Å². The van der Waals surface area contributed by atoms with E-state index in [0.717, 1.165) is 0 Å². The molecule has 0 spiro atoms. The second-order valence-corrected chi connectivity index (χ2v) is 2.84. The molecule has 2 rings (SSSR count). The standard InChI is InChI=1S/C8H9NO2/c10-7-3-5-8(11)4-1-2-6-9(7)8/h1-3,5,11H,4,6H2. The molecule has 0 saturated carbocycles. The molecular weight excluding hydrogens is 142 g/mol. The smallest absolute Gasteiger partial charge is 0.249 e. The van der Waals surface area contributed by atoms with Crippen molar-refractivity contribution in [3.63, 3.8) is 0 Å². The van der Waals surface area contributed by atoms with Gasteiger partial charge >= 0.3 is 0 Å². The topological polar surface area (TPSA) is 40.5 Å². The van der Waals surface area contributed by atoms with Crippen molar-refractivity contribution < 1.29 is 9.90 Å². The van der Waals surface area contributed by atoms with E-state index in [-0.39, 0.29) is 5.91 Å². The first-order valence-electron chi connectivity index (χ1n) is 3.61. The predicted molar refractivity (Wildman–Crippen MR) is 39.6 cm³/mol. The highest BCUT2D eigenvalue weighted by Crippen LogP contribution is 2.27. The summed E-state index contributed by atoms with van der Waals surface area (Å²) in [5.74, 6) is -0.100. The third-order valence-electron chi connectivity index (χ3n) is 2.10. The molecule has 1 atom stereocenters. The van der Waals surface area contributed by atoms with Crippen molar-refractivity contribution in [3.8, 4) is 0 Å². The van der Waals surface area contributed by atoms with Crippen molar-refractivity contribution in [2.75, 3.05) is 6.54 Å². The molecule has 1 unspecified atom stereocenters. The van der Waals surface area contributed by atoms with Gasteiger partial charge < -0.3 is 10.0 Å². The Morgan fingerprint density at radius 2 is 2.36 bits per heavy atom. The summed E-state index contributed by atoms with van der Waals surface area (Å²) < 4.78 is 0. The summed E-state index contributed by atoms with van der Waals surface area (Å²) in [5.41, 5.74) is -1.02. The van der Waals surface area contributed by atoms with Crippen molar-refractivity contribution in [3.05, 3.63) is 24.3 Å². The van der Waals surface area contributed by atoms with Gasteiger partial charge in [0.25, 0.3) is 0 Å². The number of rotatable bonds is 0. The van der Waals surface area contributed by atoms with Gasteiger partial charge in [0.1, 0.15) is 0 Å². The second-order valence-electron chi connectivity index (χ2n) is 2.84. The van der Waals surface area contributed by atoms with Gasteiger partial charge in [-0.05, 0) is 6.08 Å². The predicted octanol–water partition coefficient (Wildman–Crippen LogP) is 0.0333. The van der Waals surface area contributed by atoms with Gasteiger partial charge in [-0.2, -0.15) is 0 Å². The van der Waals surface area contributed by atoms with Crippen molar-refractivity contribution in [2.24, 2.45) is 0 Å². The average Bonchev–Trinajstić information content (AvgIpc) is 2.29. The number of hydrogen-bond acceptors (Lipinski definition) is 2. The van der Waals surface area contributed by atoms with Gasteiger partial charge in [-0.15, -0.1) is 0 Å². The van der Waals surface area contributed by atoms with Gasteiger partial charge in [-0.3, -0.25) is 4.79 Å². The third kappa shape index (κ3) is 0.811. The van der Waals surface area contributed by atoms with Crippen LogP contribution in [0, 0.1) is 0 Å². The molecule has 0 saturated heterocycles. The molecule has 0 bridgehead atoms. The second kappa shape index (κ2) is 1.95. The van der Waals surface area contributed by atoms with E-state index < -0.39 is 5.72 Å². The van der Waals surface area contributed by atoms with Crippen molar-refractivity contribution in [1.82, 2.24) is 4.90 Å². The van der Waals surface area contributed by atoms with Gasteiger partial charge in [-0.1, -0.05) is 12.2 Å². The summed E-state index contributed by atoms with van der Waals surface area (Å²) in [5, 5.41) is 9.75. The first-order valence-corrected chi connectivity index (χ1v) is 3.61. The molecule has 0 radical (unpaired) electrons. The molecule has 3 heteroatoms. The van der Waals surface area contributed by atoms with Crippen LogP contribution in [0.15, 0.2) is 24.3 Å². The Morgan fingerprint density at radius 1 is 1.55 bits per heavy atom. The van der Waals surface area contributed by atoms with Crippen molar-refractivity contribution in [1.29, 1.82) is 0 Å². The average molecular weight is 151 g/mol. The molecule has 2 aliphatic heterocycles. The van der Waals surface area contributed by atoms with E-state index in [2.05, 4.69) is 0 Å². The van der Waals surface area contributed by atoms with Crippen molar-refractivity contribution >= 4 is 5.91 Å². The zero-order valence-electron chi connectivity index (χ0n) is 6.03. The summed E-state index contributed by atoms with van der Waals surface area (Å²) in [7, 11) is 0. The minimum atomic E-state index is -1.02. The summed E-state index contributed by atoms with van der Waals surface area (Å²) in [6.45, 7) is 0.516. The lowest BCUT2D eigenvalue weighted by Crippen LogP contribution is -2.47. The lowest BCUT2D eigenvalue weighted by molar-refractivity contribution is -0.140. The Balaban J connectivity index is 2.35. The number of nitrogens with zero attached hydrogens (tertiary/aromatic N) is 1. The van der Waals surface area contributed by atoms with E-state index in [9.17, 15) is 9.90 Å². The first-order chi connectivity index (χ1) is 5.22. The fourth-order valence-corrected chi connectivity index (χ4v) is 1.44. The van der Waals surface area contributed by atoms with Crippen LogP contribution < -0.4 is 0 Å². The summed E-state index contributed by atoms with van der Waals surface area (Å²) in [4.78, 5) is 12.5. The Labute approximate surface area is 64.6 Å². The summed E-state index contributed by atoms with van der Waals surface area (Å²) >= 11 is 0. The summed E-state index contributed by atoms with van der Waals surface area (Å²) in [6.07, 6.45) is 7.26. The van der Waals surface area contributed by atoms with Crippen LogP contribution in [0.25, 0.3) is 0 Å². The highest BCUT2D eigenvalue weighted by Gasteiger charge is 2.38. The van der Waals surface area contributed by atoms with E-state index in [1.165, 1.54) is 11.0 Å². The number of carbonyl (C=O) groups is 1. The molecule has 0 aliphatic carbocycles. The van der Waals surface area contributed by atoms with E-state index in [1.807, 2.05) is 12.2 Å². The molecule has 1 N–H and O–H groups in total. The van der Waals surface area contributed by atoms with Crippen LogP contribution in [0.5, 0.6) is 0 Å². The fraction of sp³-hybridized carbons (Fsp3) is 0.375. The highest BCUT2D eigenvalue weighted by atomic mass is 16.3. The largest absolute Gasteiger partial charge is 0.367 e. The van der Waals surface area contributed by atoms with E-state index in [0.29, 0.717) is 13.0 Å². The van der Waals surface area contributed by atoms with Gasteiger partial charge in [-0.25, -0.2) is 0 Å². The number of amides is 1. The number of carbonyl (C=O) groups excluding carboxylic acids is 1. The number of fused-ring (bicyclic) bond motifs is 1. The zero-order chi connectivity index (χ0) is 7.90. The molecule has 0 aromatic carbocycles. The highest BCUT2D eigenvalue weighted by molar-refractivity contribution is 5.91. The lowest BCUT2D eigenvalue weighted by atomic mass is 10.1. The van der Waals surface area contributed by atoms with Crippen LogP contribution in [0.2, 0.25) is 0 Å². The quantitative estimate of drug-likeness (QED) is 0.496. The molecule has 0 aromatic heterocycles. The molecule has 2 aliphatic rings. The van der Waals surface area contributed by atoms with Crippen LogP contribution in [0.3, 0.4) is 0 Å². The molecule has 58 valence electrons. The zero-order valence-corrected chi connectivity index (χ0v) is 6.03. The Hall–Kier alpha value is -1.09. The minimum absolute atomic E-state index is 0.100. The summed E-state index contributed by atoms with van der Waals surface area (Å²) in [6, 6.07) is 0. The molecule has 0 aromatic rings. The molecule has 1 amide bonds. The van der Waals surface area contributed by atoms with Gasteiger partial charge in [0.2, 0.25) is 5.91 Å². The third-order valence-corrected chi connectivity index (χ3v) is 2.10. The van der Waals surface area contributed by atoms with Crippen LogP contribution in [-0.2, 0) is 4.79 Å². The van der Waals surface area contributed by atoms with E-state index in [1.54, 1.807) is 6.08 Å². The van der Waals surface area contributed by atoms with E-state index >= 15 is 0 Å². The minimum Gasteiger partial charge on any atom is -0.367 e. The molecule has 3 nitrogen and oxygen atoms in total. The molecular formula is C8H9NO2. The normalized spacial score (nSPS) is 34.6. The SMILES string of the molecule is O=C1C=CC2(O)CC=CCN12. The van der Waals surface area contributed by atoms with Crippen LogP contribution in [-0.4, -0.2) is 28.2 Å². The fourth-order valence-electron chi connectivity index (χ4n) is 1.44. The Bertz CT molecular complexity index is 257. The van der Waals surface area contributed by atoms with Crippen LogP contribution >= 0.6 is 0 Å². The van der Waals surface area contributed by atoms with Crippen LogP contribution in [0.4, 0.5) is 0 Å². The number of hydrogen-bond donors (Lipinski definition) is 1.